The summed E-state index contributed by atoms with van der Waals surface area (Å²) in [5.74, 6) is -0.225. The first kappa shape index (κ1) is 20.2. The Morgan fingerprint density at radius 1 is 0.933 bits per heavy atom. The standard InChI is InChI=1S/C24H20FNO3S/c1-16-14-18(8-13-22(16)30-29-28-2)21-15-26(20-11-9-19(25)10-12-20)24(27)23(21)17-6-4-3-5-7-17/h3-15,27H,1-2H3. The van der Waals surface area contributed by atoms with Gasteiger partial charge in [0.05, 0.1) is 24.7 Å². The summed E-state index contributed by atoms with van der Waals surface area (Å²) in [4.78, 5) is 5.60. The highest BCUT2D eigenvalue weighted by Gasteiger charge is 2.20. The third-order valence-corrected chi connectivity index (χ3v) is 5.67. The molecule has 4 rings (SSSR count). The molecule has 0 aliphatic carbocycles. The predicted octanol–water partition coefficient (Wildman–Crippen LogP) is 6.55. The number of hydrogen-bond acceptors (Lipinski definition) is 4. The fourth-order valence-electron chi connectivity index (χ4n) is 3.38. The number of nitrogens with zero attached hydrogens (tertiary/aromatic N) is 1. The monoisotopic (exact) mass is 421 g/mol. The Bertz CT molecular complexity index is 1160. The highest BCUT2D eigenvalue weighted by molar-refractivity contribution is 7.94. The van der Waals surface area contributed by atoms with Gasteiger partial charge in [0.25, 0.3) is 0 Å². The van der Waals surface area contributed by atoms with E-state index in [-0.39, 0.29) is 11.7 Å². The topological polar surface area (TPSA) is 43.6 Å². The Labute approximate surface area is 178 Å². The fraction of sp³-hybridized carbons (Fsp3) is 0.0833. The first-order valence-electron chi connectivity index (χ1n) is 9.32. The normalized spacial score (nSPS) is 11.0. The molecule has 152 valence electrons. The molecule has 0 spiro atoms. The maximum atomic E-state index is 13.4. The molecule has 0 saturated heterocycles. The Morgan fingerprint density at radius 2 is 1.67 bits per heavy atom. The van der Waals surface area contributed by atoms with Gasteiger partial charge in [0.15, 0.2) is 0 Å². The van der Waals surface area contributed by atoms with Crippen LogP contribution in [0.5, 0.6) is 5.88 Å². The van der Waals surface area contributed by atoms with E-state index in [1.807, 2.05) is 61.7 Å². The first-order chi connectivity index (χ1) is 14.6. The molecule has 3 aromatic carbocycles. The van der Waals surface area contributed by atoms with Crippen molar-refractivity contribution in [3.05, 3.63) is 90.4 Å². The number of aromatic hydroxyl groups is 1. The van der Waals surface area contributed by atoms with E-state index >= 15 is 0 Å². The Kier molecular flexibility index (Phi) is 5.90. The summed E-state index contributed by atoms with van der Waals surface area (Å²) >= 11 is 1.15. The second-order valence-corrected chi connectivity index (χ2v) is 7.49. The van der Waals surface area contributed by atoms with Crippen LogP contribution in [0.3, 0.4) is 0 Å². The van der Waals surface area contributed by atoms with E-state index in [9.17, 15) is 9.50 Å². The molecule has 0 atom stereocenters. The lowest BCUT2D eigenvalue weighted by Gasteiger charge is -2.09. The van der Waals surface area contributed by atoms with Crippen LogP contribution in [0, 0.1) is 12.7 Å². The van der Waals surface area contributed by atoms with Gasteiger partial charge in [-0.1, -0.05) is 42.5 Å². The van der Waals surface area contributed by atoms with Crippen LogP contribution in [-0.2, 0) is 9.22 Å². The smallest absolute Gasteiger partial charge is 0.204 e. The Hall–Kier alpha value is -3.06. The SMILES string of the molecule is COOSc1ccc(-c2cn(-c3ccc(F)cc3)c(O)c2-c2ccccc2)cc1C. The molecule has 0 bridgehead atoms. The van der Waals surface area contributed by atoms with Gasteiger partial charge < -0.3 is 5.11 Å². The summed E-state index contributed by atoms with van der Waals surface area (Å²) < 4.78 is 20.0. The summed E-state index contributed by atoms with van der Waals surface area (Å²) in [6.07, 6.45) is 1.87. The molecular formula is C24H20FNO3S. The maximum Gasteiger partial charge on any atom is 0.204 e. The highest BCUT2D eigenvalue weighted by Crippen LogP contribution is 2.42. The molecule has 0 fully saturated rings. The van der Waals surface area contributed by atoms with Crippen molar-refractivity contribution in [2.24, 2.45) is 0 Å². The molecule has 0 unspecified atom stereocenters. The average Bonchev–Trinajstić information content (AvgIpc) is 3.11. The minimum Gasteiger partial charge on any atom is -0.494 e. The molecule has 1 N–H and O–H groups in total. The number of rotatable bonds is 6. The molecule has 0 radical (unpaired) electrons. The van der Waals surface area contributed by atoms with E-state index in [4.69, 9.17) is 4.33 Å². The molecule has 0 saturated carbocycles. The third kappa shape index (κ3) is 3.98. The van der Waals surface area contributed by atoms with Crippen molar-refractivity contribution < 1.29 is 18.7 Å². The molecule has 6 heteroatoms. The summed E-state index contributed by atoms with van der Waals surface area (Å²) in [5.41, 5.74) is 5.12. The average molecular weight is 421 g/mol. The zero-order valence-corrected chi connectivity index (χ0v) is 17.3. The van der Waals surface area contributed by atoms with Gasteiger partial charge in [0, 0.05) is 22.3 Å². The number of aryl methyl sites for hydroxylation is 1. The van der Waals surface area contributed by atoms with Crippen LogP contribution in [0.1, 0.15) is 5.56 Å². The van der Waals surface area contributed by atoms with Crippen LogP contribution in [0.2, 0.25) is 0 Å². The van der Waals surface area contributed by atoms with Gasteiger partial charge in [-0.25, -0.2) is 9.28 Å². The summed E-state index contributed by atoms with van der Waals surface area (Å²) in [6, 6.07) is 21.7. The molecular weight excluding hydrogens is 401 g/mol. The Morgan fingerprint density at radius 3 is 2.33 bits per heavy atom. The van der Waals surface area contributed by atoms with E-state index in [1.54, 1.807) is 16.7 Å². The zero-order valence-electron chi connectivity index (χ0n) is 16.5. The van der Waals surface area contributed by atoms with Gasteiger partial charge in [-0.3, -0.25) is 4.57 Å². The van der Waals surface area contributed by atoms with Crippen molar-refractivity contribution in [2.45, 2.75) is 11.8 Å². The fourth-order valence-corrected chi connectivity index (χ4v) is 3.84. The van der Waals surface area contributed by atoms with Crippen molar-refractivity contribution in [2.75, 3.05) is 7.11 Å². The predicted molar refractivity (Wildman–Crippen MR) is 117 cm³/mol. The summed E-state index contributed by atoms with van der Waals surface area (Å²) in [5, 5.41) is 11.1. The van der Waals surface area contributed by atoms with Gasteiger partial charge in [-0.05, 0) is 53.9 Å². The van der Waals surface area contributed by atoms with Crippen molar-refractivity contribution in [1.29, 1.82) is 0 Å². The lowest BCUT2D eigenvalue weighted by atomic mass is 9.98. The van der Waals surface area contributed by atoms with E-state index in [0.29, 0.717) is 11.3 Å². The van der Waals surface area contributed by atoms with Crippen LogP contribution in [0.15, 0.2) is 83.9 Å². The molecule has 1 heterocycles. The third-order valence-electron chi connectivity index (χ3n) is 4.82. The van der Waals surface area contributed by atoms with E-state index < -0.39 is 0 Å². The summed E-state index contributed by atoms with van der Waals surface area (Å²) in [6.45, 7) is 1.99. The van der Waals surface area contributed by atoms with Crippen LogP contribution >= 0.6 is 12.0 Å². The van der Waals surface area contributed by atoms with E-state index in [2.05, 4.69) is 4.89 Å². The van der Waals surface area contributed by atoms with Crippen LogP contribution in [0.25, 0.3) is 27.9 Å². The first-order valence-corrected chi connectivity index (χ1v) is 10.1. The maximum absolute atomic E-state index is 13.4. The lowest BCUT2D eigenvalue weighted by Crippen LogP contribution is -1.91. The molecule has 0 aliphatic rings. The second kappa shape index (κ2) is 8.75. The van der Waals surface area contributed by atoms with Crippen molar-refractivity contribution >= 4 is 12.0 Å². The van der Waals surface area contributed by atoms with Crippen LogP contribution < -0.4 is 0 Å². The number of benzene rings is 3. The lowest BCUT2D eigenvalue weighted by molar-refractivity contribution is -0.160. The van der Waals surface area contributed by atoms with E-state index in [0.717, 1.165) is 39.2 Å². The van der Waals surface area contributed by atoms with Crippen LogP contribution in [-0.4, -0.2) is 16.8 Å². The minimum atomic E-state index is -0.323. The number of hydrogen-bond donors (Lipinski definition) is 1. The highest BCUT2D eigenvalue weighted by atomic mass is 32.2. The summed E-state index contributed by atoms with van der Waals surface area (Å²) in [7, 11) is 1.46. The molecule has 0 amide bonds. The van der Waals surface area contributed by atoms with Gasteiger partial charge in [0.1, 0.15) is 5.82 Å². The molecule has 4 nitrogen and oxygen atoms in total. The minimum absolute atomic E-state index is 0.0987. The van der Waals surface area contributed by atoms with Gasteiger partial charge in [-0.15, -0.1) is 0 Å². The van der Waals surface area contributed by atoms with Crippen molar-refractivity contribution in [3.63, 3.8) is 0 Å². The van der Waals surface area contributed by atoms with Crippen molar-refractivity contribution in [3.8, 4) is 33.8 Å². The van der Waals surface area contributed by atoms with E-state index in [1.165, 1.54) is 19.2 Å². The van der Waals surface area contributed by atoms with Gasteiger partial charge in [0.2, 0.25) is 5.88 Å². The van der Waals surface area contributed by atoms with Crippen molar-refractivity contribution in [1.82, 2.24) is 4.57 Å². The van der Waals surface area contributed by atoms with Gasteiger partial charge in [-0.2, -0.15) is 4.33 Å². The molecule has 30 heavy (non-hydrogen) atoms. The molecule has 4 aromatic rings. The second-order valence-electron chi connectivity index (χ2n) is 6.75. The molecule has 0 aliphatic heterocycles. The largest absolute Gasteiger partial charge is 0.494 e. The van der Waals surface area contributed by atoms with Crippen LogP contribution in [0.4, 0.5) is 4.39 Å². The zero-order chi connectivity index (χ0) is 21.1. The number of aromatic nitrogens is 1. The van der Waals surface area contributed by atoms with Gasteiger partial charge >= 0.3 is 0 Å². The quantitative estimate of drug-likeness (QED) is 0.218. The Balaban J connectivity index is 1.87. The molecule has 1 aromatic heterocycles. The number of halogens is 1.